The van der Waals surface area contributed by atoms with Crippen LogP contribution in [0.15, 0.2) is 109 Å². The van der Waals surface area contributed by atoms with Gasteiger partial charge in [0.05, 0.1) is 6.42 Å². The van der Waals surface area contributed by atoms with Gasteiger partial charge in [0.1, 0.15) is 23.0 Å². The molecule has 8 heteroatoms. The van der Waals surface area contributed by atoms with Crippen molar-refractivity contribution in [3.05, 3.63) is 109 Å². The van der Waals surface area contributed by atoms with Crippen LogP contribution in [0.3, 0.4) is 0 Å². The second-order valence-electron chi connectivity index (χ2n) is 8.14. The monoisotopic (exact) mass is 510 g/mol. The molecule has 0 aliphatic heterocycles. The van der Waals surface area contributed by atoms with Crippen molar-refractivity contribution in [1.82, 2.24) is 0 Å². The third-order valence-electron chi connectivity index (χ3n) is 5.15. The van der Waals surface area contributed by atoms with Crippen LogP contribution in [0, 0.1) is 0 Å². The fraction of sp³-hybridized carbons (Fsp3) is 0.100. The first-order chi connectivity index (χ1) is 18.5. The number of para-hydroxylation sites is 2. The van der Waals surface area contributed by atoms with Crippen LogP contribution in [-0.2, 0) is 19.1 Å². The van der Waals surface area contributed by atoms with E-state index in [1.54, 1.807) is 48.5 Å². The van der Waals surface area contributed by atoms with E-state index in [2.05, 4.69) is 10.6 Å². The number of hydrogen-bond acceptors (Lipinski definition) is 6. The fourth-order valence-corrected chi connectivity index (χ4v) is 3.32. The quantitative estimate of drug-likeness (QED) is 0.234. The van der Waals surface area contributed by atoms with Crippen molar-refractivity contribution >= 4 is 29.2 Å². The summed E-state index contributed by atoms with van der Waals surface area (Å²) in [7, 11) is 0. The summed E-state index contributed by atoms with van der Waals surface area (Å²) in [6.45, 7) is -0.453. The van der Waals surface area contributed by atoms with E-state index in [0.717, 1.165) is 0 Å². The van der Waals surface area contributed by atoms with Crippen molar-refractivity contribution in [2.24, 2.45) is 0 Å². The van der Waals surface area contributed by atoms with E-state index in [9.17, 15) is 14.4 Å². The minimum absolute atomic E-state index is 0.0778. The number of amides is 2. The molecule has 8 nitrogen and oxygen atoms in total. The lowest BCUT2D eigenvalue weighted by Gasteiger charge is -2.09. The van der Waals surface area contributed by atoms with Crippen molar-refractivity contribution in [3.8, 4) is 23.0 Å². The standard InChI is InChI=1S/C30H26N2O6/c33-28(31-22-11-15-26(16-12-22)37-24-7-3-1-4-8-24)19-20-30(35)36-21-29(34)32-23-13-17-27(18-14-23)38-25-9-5-2-6-10-25/h1-18H,19-21H2,(H,31,33)(H,32,34). The maximum atomic E-state index is 12.2. The summed E-state index contributed by atoms with van der Waals surface area (Å²) in [6, 6.07) is 32.4. The van der Waals surface area contributed by atoms with Gasteiger partial charge in [0.2, 0.25) is 5.91 Å². The second-order valence-corrected chi connectivity index (χ2v) is 8.14. The van der Waals surface area contributed by atoms with Gasteiger partial charge in [0.25, 0.3) is 5.91 Å². The highest BCUT2D eigenvalue weighted by molar-refractivity contribution is 5.94. The molecule has 4 aromatic carbocycles. The SMILES string of the molecule is O=C(CCC(=O)OCC(=O)Nc1ccc(Oc2ccccc2)cc1)Nc1ccc(Oc2ccccc2)cc1. The van der Waals surface area contributed by atoms with Gasteiger partial charge in [0.15, 0.2) is 6.61 Å². The third kappa shape index (κ3) is 8.53. The summed E-state index contributed by atoms with van der Waals surface area (Å²) in [6.07, 6.45) is -0.231. The molecule has 0 aromatic heterocycles. The summed E-state index contributed by atoms with van der Waals surface area (Å²) in [5.74, 6) is 1.19. The average molecular weight is 511 g/mol. The largest absolute Gasteiger partial charge is 0.457 e. The molecule has 0 heterocycles. The minimum atomic E-state index is -0.645. The molecule has 0 unspecified atom stereocenters. The minimum Gasteiger partial charge on any atom is -0.457 e. The van der Waals surface area contributed by atoms with Crippen LogP contribution in [0.5, 0.6) is 23.0 Å². The molecule has 0 saturated heterocycles. The van der Waals surface area contributed by atoms with Gasteiger partial charge < -0.3 is 24.8 Å². The third-order valence-corrected chi connectivity index (χ3v) is 5.15. The lowest BCUT2D eigenvalue weighted by atomic mass is 10.2. The van der Waals surface area contributed by atoms with Crippen LogP contribution in [-0.4, -0.2) is 24.4 Å². The van der Waals surface area contributed by atoms with Gasteiger partial charge in [-0.25, -0.2) is 0 Å². The molecule has 192 valence electrons. The van der Waals surface area contributed by atoms with Gasteiger partial charge in [-0.15, -0.1) is 0 Å². The van der Waals surface area contributed by atoms with Gasteiger partial charge in [-0.3, -0.25) is 14.4 Å². The molecule has 0 fully saturated rings. The van der Waals surface area contributed by atoms with E-state index in [0.29, 0.717) is 34.4 Å². The molecule has 2 N–H and O–H groups in total. The van der Waals surface area contributed by atoms with Crippen molar-refractivity contribution < 1.29 is 28.6 Å². The van der Waals surface area contributed by atoms with E-state index in [-0.39, 0.29) is 18.7 Å². The maximum absolute atomic E-state index is 12.2. The number of nitrogens with one attached hydrogen (secondary N) is 2. The molecule has 2 amide bonds. The van der Waals surface area contributed by atoms with Gasteiger partial charge in [-0.1, -0.05) is 36.4 Å². The molecule has 0 radical (unpaired) electrons. The second kappa shape index (κ2) is 13.3. The molecule has 0 aliphatic carbocycles. The number of rotatable bonds is 11. The molecule has 0 aliphatic rings. The van der Waals surface area contributed by atoms with Crippen molar-refractivity contribution in [3.63, 3.8) is 0 Å². The van der Waals surface area contributed by atoms with E-state index in [1.807, 2.05) is 60.7 Å². The van der Waals surface area contributed by atoms with E-state index in [4.69, 9.17) is 14.2 Å². The smallest absolute Gasteiger partial charge is 0.306 e. The van der Waals surface area contributed by atoms with Crippen LogP contribution in [0.4, 0.5) is 11.4 Å². The number of carbonyl (C=O) groups is 3. The Balaban J connectivity index is 1.13. The normalized spacial score (nSPS) is 10.2. The van der Waals surface area contributed by atoms with Gasteiger partial charge in [-0.2, -0.15) is 0 Å². The Morgan fingerprint density at radius 2 is 0.921 bits per heavy atom. The summed E-state index contributed by atoms with van der Waals surface area (Å²) < 4.78 is 16.4. The predicted molar refractivity (Wildman–Crippen MR) is 143 cm³/mol. The summed E-state index contributed by atoms with van der Waals surface area (Å²) in [5.41, 5.74) is 1.11. The van der Waals surface area contributed by atoms with Crippen molar-refractivity contribution in [1.29, 1.82) is 0 Å². The molecular formula is C30H26N2O6. The Hall–Kier alpha value is -5.11. The number of esters is 1. The van der Waals surface area contributed by atoms with Crippen LogP contribution >= 0.6 is 0 Å². The highest BCUT2D eigenvalue weighted by Gasteiger charge is 2.11. The average Bonchev–Trinajstić information content (AvgIpc) is 2.94. The fourth-order valence-electron chi connectivity index (χ4n) is 3.32. The molecule has 4 aromatic rings. The van der Waals surface area contributed by atoms with E-state index < -0.39 is 18.5 Å². The Kier molecular flexibility index (Phi) is 9.07. The highest BCUT2D eigenvalue weighted by Crippen LogP contribution is 2.24. The van der Waals surface area contributed by atoms with Crippen LogP contribution < -0.4 is 20.1 Å². The van der Waals surface area contributed by atoms with Crippen LogP contribution in [0.2, 0.25) is 0 Å². The van der Waals surface area contributed by atoms with Crippen molar-refractivity contribution in [2.75, 3.05) is 17.2 Å². The van der Waals surface area contributed by atoms with Gasteiger partial charge in [0, 0.05) is 17.8 Å². The first kappa shape index (κ1) is 26.0. The van der Waals surface area contributed by atoms with E-state index in [1.165, 1.54) is 0 Å². The summed E-state index contributed by atoms with van der Waals surface area (Å²) in [5, 5.41) is 5.36. The molecule has 0 spiro atoms. The highest BCUT2D eigenvalue weighted by atomic mass is 16.5. The summed E-state index contributed by atoms with van der Waals surface area (Å²) in [4.78, 5) is 36.3. The van der Waals surface area contributed by atoms with Crippen molar-refractivity contribution in [2.45, 2.75) is 12.8 Å². The molecule has 0 bridgehead atoms. The number of carbonyl (C=O) groups excluding carboxylic acids is 3. The zero-order chi connectivity index (χ0) is 26.6. The Labute approximate surface area is 220 Å². The Morgan fingerprint density at radius 3 is 1.39 bits per heavy atom. The lowest BCUT2D eigenvalue weighted by Crippen LogP contribution is -2.21. The topological polar surface area (TPSA) is 103 Å². The number of ether oxygens (including phenoxy) is 3. The first-order valence-corrected chi connectivity index (χ1v) is 11.9. The molecule has 4 rings (SSSR count). The van der Waals surface area contributed by atoms with Gasteiger partial charge in [-0.05, 0) is 72.8 Å². The van der Waals surface area contributed by atoms with Crippen LogP contribution in [0.25, 0.3) is 0 Å². The Bertz CT molecular complexity index is 1240. The maximum Gasteiger partial charge on any atom is 0.306 e. The van der Waals surface area contributed by atoms with E-state index >= 15 is 0 Å². The van der Waals surface area contributed by atoms with Crippen LogP contribution in [0.1, 0.15) is 12.8 Å². The molecule has 0 atom stereocenters. The molecular weight excluding hydrogens is 484 g/mol. The molecule has 38 heavy (non-hydrogen) atoms. The number of anilines is 2. The van der Waals surface area contributed by atoms with Gasteiger partial charge >= 0.3 is 5.97 Å². The number of hydrogen-bond donors (Lipinski definition) is 2. The lowest BCUT2D eigenvalue weighted by molar-refractivity contribution is -0.147. The summed E-state index contributed by atoms with van der Waals surface area (Å²) >= 11 is 0. The zero-order valence-electron chi connectivity index (χ0n) is 20.5. The number of benzene rings is 4. The Morgan fingerprint density at radius 1 is 0.500 bits per heavy atom. The predicted octanol–water partition coefficient (Wildman–Crippen LogP) is 6.17. The molecule has 0 saturated carbocycles. The first-order valence-electron chi connectivity index (χ1n) is 11.9. The zero-order valence-corrected chi connectivity index (χ0v) is 20.5.